The maximum absolute atomic E-state index is 11.3. The number of nitrogens with zero attached hydrogens (tertiary/aromatic N) is 1. The number of carbonyl (C=O) groups is 1. The molecule has 0 spiro atoms. The Hall–Kier alpha value is -1.38. The summed E-state index contributed by atoms with van der Waals surface area (Å²) >= 11 is 1.67. The third-order valence-electron chi connectivity index (χ3n) is 2.10. The van der Waals surface area contributed by atoms with Crippen LogP contribution in [0.3, 0.4) is 0 Å². The van der Waals surface area contributed by atoms with Crippen LogP contribution < -0.4 is 10.6 Å². The zero-order chi connectivity index (χ0) is 11.8. The summed E-state index contributed by atoms with van der Waals surface area (Å²) in [6.07, 6.45) is 0.353. The second-order valence-electron chi connectivity index (χ2n) is 3.38. The molecule has 0 unspecified atom stereocenters. The van der Waals surface area contributed by atoms with Crippen LogP contribution in [0.5, 0.6) is 0 Å². The van der Waals surface area contributed by atoms with E-state index in [-0.39, 0.29) is 18.5 Å². The van der Waals surface area contributed by atoms with Crippen LogP contribution in [0, 0.1) is 11.3 Å². The SMILES string of the molecule is C[C@@H](NCC(=O)NCCC#N)c1cccs1. The lowest BCUT2D eigenvalue weighted by molar-refractivity contribution is -0.120. The highest BCUT2D eigenvalue weighted by molar-refractivity contribution is 7.10. The largest absolute Gasteiger partial charge is 0.354 e. The molecule has 0 aliphatic heterocycles. The first kappa shape index (κ1) is 12.7. The molecule has 5 heteroatoms. The van der Waals surface area contributed by atoms with Crippen LogP contribution in [0.15, 0.2) is 17.5 Å². The zero-order valence-electron chi connectivity index (χ0n) is 9.19. The Morgan fingerprint density at radius 1 is 1.69 bits per heavy atom. The number of hydrogen-bond acceptors (Lipinski definition) is 4. The minimum absolute atomic E-state index is 0.0707. The molecular weight excluding hydrogens is 222 g/mol. The highest BCUT2D eigenvalue weighted by Crippen LogP contribution is 2.17. The molecule has 4 nitrogen and oxygen atoms in total. The van der Waals surface area contributed by atoms with Gasteiger partial charge in [-0.25, -0.2) is 0 Å². The van der Waals surface area contributed by atoms with Crippen LogP contribution in [0.2, 0.25) is 0 Å². The molecule has 0 fully saturated rings. The topological polar surface area (TPSA) is 64.9 Å². The summed E-state index contributed by atoms with van der Waals surface area (Å²) in [4.78, 5) is 12.5. The van der Waals surface area contributed by atoms with Crippen LogP contribution in [0.1, 0.15) is 24.3 Å². The number of nitrogens with one attached hydrogen (secondary N) is 2. The molecular formula is C11H15N3OS. The first-order valence-electron chi connectivity index (χ1n) is 5.14. The summed E-state index contributed by atoms with van der Waals surface area (Å²) in [7, 11) is 0. The molecule has 0 saturated heterocycles. The van der Waals surface area contributed by atoms with E-state index in [4.69, 9.17) is 5.26 Å². The molecule has 1 rings (SSSR count). The normalized spacial score (nSPS) is 11.8. The first-order valence-corrected chi connectivity index (χ1v) is 6.02. The molecule has 0 bridgehead atoms. The number of thiophene rings is 1. The molecule has 1 atom stereocenters. The minimum Gasteiger partial charge on any atom is -0.354 e. The van der Waals surface area contributed by atoms with E-state index < -0.39 is 0 Å². The van der Waals surface area contributed by atoms with E-state index in [1.807, 2.05) is 30.5 Å². The van der Waals surface area contributed by atoms with E-state index in [0.717, 1.165) is 0 Å². The molecule has 1 heterocycles. The van der Waals surface area contributed by atoms with Crippen LogP contribution in [-0.4, -0.2) is 19.0 Å². The van der Waals surface area contributed by atoms with Gasteiger partial charge in [0, 0.05) is 17.5 Å². The molecule has 0 radical (unpaired) electrons. The van der Waals surface area contributed by atoms with Crippen LogP contribution in [0.4, 0.5) is 0 Å². The van der Waals surface area contributed by atoms with E-state index >= 15 is 0 Å². The smallest absolute Gasteiger partial charge is 0.234 e. The maximum Gasteiger partial charge on any atom is 0.234 e. The monoisotopic (exact) mass is 237 g/mol. The lowest BCUT2D eigenvalue weighted by Gasteiger charge is -2.11. The molecule has 2 N–H and O–H groups in total. The third kappa shape index (κ3) is 4.43. The fraction of sp³-hybridized carbons (Fsp3) is 0.455. The second kappa shape index (κ2) is 6.99. The lowest BCUT2D eigenvalue weighted by Crippen LogP contribution is -2.35. The van der Waals surface area contributed by atoms with Gasteiger partial charge >= 0.3 is 0 Å². The van der Waals surface area contributed by atoms with E-state index in [1.54, 1.807) is 11.3 Å². The van der Waals surface area contributed by atoms with Gasteiger partial charge in [-0.15, -0.1) is 11.3 Å². The minimum atomic E-state index is -0.0707. The van der Waals surface area contributed by atoms with Gasteiger partial charge in [-0.1, -0.05) is 6.07 Å². The summed E-state index contributed by atoms with van der Waals surface area (Å²) < 4.78 is 0. The zero-order valence-corrected chi connectivity index (χ0v) is 10.0. The Morgan fingerprint density at radius 2 is 2.50 bits per heavy atom. The Labute approximate surface area is 99.3 Å². The van der Waals surface area contributed by atoms with Crippen molar-refractivity contribution in [3.63, 3.8) is 0 Å². The number of amides is 1. The predicted molar refractivity (Wildman–Crippen MR) is 64.0 cm³/mol. The number of nitriles is 1. The molecule has 1 amide bonds. The molecule has 0 aromatic carbocycles. The fourth-order valence-corrected chi connectivity index (χ4v) is 1.96. The van der Waals surface area contributed by atoms with Gasteiger partial charge < -0.3 is 10.6 Å². The van der Waals surface area contributed by atoms with Crippen molar-refractivity contribution in [2.45, 2.75) is 19.4 Å². The van der Waals surface area contributed by atoms with Crippen molar-refractivity contribution in [3.05, 3.63) is 22.4 Å². The first-order chi connectivity index (χ1) is 7.74. The van der Waals surface area contributed by atoms with Gasteiger partial charge in [0.25, 0.3) is 0 Å². The van der Waals surface area contributed by atoms with E-state index in [0.29, 0.717) is 13.0 Å². The van der Waals surface area contributed by atoms with E-state index in [2.05, 4.69) is 10.6 Å². The molecule has 0 aliphatic carbocycles. The van der Waals surface area contributed by atoms with Crippen LogP contribution in [-0.2, 0) is 4.79 Å². The summed E-state index contributed by atoms with van der Waals surface area (Å²) in [6.45, 7) is 2.73. The molecule has 0 saturated carbocycles. The Kier molecular flexibility index (Phi) is 5.54. The average molecular weight is 237 g/mol. The van der Waals surface area contributed by atoms with E-state index in [1.165, 1.54) is 4.88 Å². The fourth-order valence-electron chi connectivity index (χ4n) is 1.20. The summed E-state index contributed by atoms with van der Waals surface area (Å²) in [5.74, 6) is -0.0707. The van der Waals surface area contributed by atoms with Crippen LogP contribution >= 0.6 is 11.3 Å². The van der Waals surface area contributed by atoms with Crippen molar-refractivity contribution in [1.29, 1.82) is 5.26 Å². The van der Waals surface area contributed by atoms with Gasteiger partial charge in [-0.3, -0.25) is 4.79 Å². The van der Waals surface area contributed by atoms with Gasteiger partial charge in [0.1, 0.15) is 0 Å². The van der Waals surface area contributed by atoms with Gasteiger partial charge in [-0.2, -0.15) is 5.26 Å². The third-order valence-corrected chi connectivity index (χ3v) is 3.15. The Balaban J connectivity index is 2.19. The summed E-state index contributed by atoms with van der Waals surface area (Å²) in [6, 6.07) is 6.19. The Bertz CT molecular complexity index is 356. The van der Waals surface area contributed by atoms with Gasteiger partial charge in [0.15, 0.2) is 0 Å². The second-order valence-corrected chi connectivity index (χ2v) is 4.36. The standard InChI is InChI=1S/C11H15N3OS/c1-9(10-4-2-7-16-10)14-8-11(15)13-6-3-5-12/h2,4,7,9,14H,3,6,8H2,1H3,(H,13,15)/t9-/m1/s1. The molecule has 16 heavy (non-hydrogen) atoms. The highest BCUT2D eigenvalue weighted by atomic mass is 32.1. The molecule has 1 aromatic heterocycles. The lowest BCUT2D eigenvalue weighted by atomic mass is 10.3. The average Bonchev–Trinajstić information content (AvgIpc) is 2.79. The van der Waals surface area contributed by atoms with Gasteiger partial charge in [0.2, 0.25) is 5.91 Å². The maximum atomic E-state index is 11.3. The Morgan fingerprint density at radius 3 is 3.12 bits per heavy atom. The predicted octanol–water partition coefficient (Wildman–Crippen LogP) is 1.43. The number of rotatable bonds is 6. The summed E-state index contributed by atoms with van der Waals surface area (Å²) in [5, 5.41) is 16.1. The van der Waals surface area contributed by atoms with Crippen molar-refractivity contribution in [3.8, 4) is 6.07 Å². The van der Waals surface area contributed by atoms with Crippen molar-refractivity contribution < 1.29 is 4.79 Å². The number of hydrogen-bond donors (Lipinski definition) is 2. The van der Waals surface area contributed by atoms with Crippen molar-refractivity contribution >= 4 is 17.2 Å². The van der Waals surface area contributed by atoms with Crippen molar-refractivity contribution in [1.82, 2.24) is 10.6 Å². The van der Waals surface area contributed by atoms with Gasteiger partial charge in [-0.05, 0) is 18.4 Å². The quantitative estimate of drug-likeness (QED) is 0.736. The number of carbonyl (C=O) groups excluding carboxylic acids is 1. The molecule has 0 aliphatic rings. The van der Waals surface area contributed by atoms with Crippen molar-refractivity contribution in [2.75, 3.05) is 13.1 Å². The highest BCUT2D eigenvalue weighted by Gasteiger charge is 2.07. The van der Waals surface area contributed by atoms with Crippen LogP contribution in [0.25, 0.3) is 0 Å². The molecule has 86 valence electrons. The van der Waals surface area contributed by atoms with Crippen molar-refractivity contribution in [2.24, 2.45) is 0 Å². The van der Waals surface area contributed by atoms with Gasteiger partial charge in [0.05, 0.1) is 19.0 Å². The molecule has 1 aromatic rings. The summed E-state index contributed by atoms with van der Waals surface area (Å²) in [5.41, 5.74) is 0. The van der Waals surface area contributed by atoms with E-state index in [9.17, 15) is 4.79 Å².